The van der Waals surface area contributed by atoms with Gasteiger partial charge in [-0.15, -0.1) is 0 Å². The number of rotatable bonds is 6. The first-order valence-corrected chi connectivity index (χ1v) is 12.4. The van der Waals surface area contributed by atoms with Crippen LogP contribution in [0.2, 0.25) is 5.15 Å². The SMILES string of the molecule is CC(C)(O)Cn1cc(C(=O)N[C@@H]2CCCC[C@H](Nc3cc(C(F)(F)F)nc4ccc(F)cc34)C2)c(Cl)n1. The van der Waals surface area contributed by atoms with Crippen molar-refractivity contribution < 1.29 is 27.5 Å². The van der Waals surface area contributed by atoms with Crippen LogP contribution in [0.4, 0.5) is 23.2 Å². The fourth-order valence-electron chi connectivity index (χ4n) is 4.60. The number of aromatic nitrogens is 3. The zero-order valence-corrected chi connectivity index (χ0v) is 21.1. The second-order valence-electron chi connectivity index (χ2n) is 10.1. The third-order valence-corrected chi connectivity index (χ3v) is 6.47. The minimum atomic E-state index is -4.66. The van der Waals surface area contributed by atoms with Gasteiger partial charge in [0.15, 0.2) is 5.15 Å². The van der Waals surface area contributed by atoms with Crippen LogP contribution in [0, 0.1) is 5.82 Å². The fourth-order valence-corrected chi connectivity index (χ4v) is 4.83. The van der Waals surface area contributed by atoms with Crippen LogP contribution in [-0.2, 0) is 12.7 Å². The van der Waals surface area contributed by atoms with Gasteiger partial charge in [0.05, 0.1) is 23.2 Å². The average molecular weight is 542 g/mol. The van der Waals surface area contributed by atoms with Crippen molar-refractivity contribution >= 4 is 34.1 Å². The van der Waals surface area contributed by atoms with Crippen LogP contribution in [-0.4, -0.2) is 43.5 Å². The van der Waals surface area contributed by atoms with Crippen molar-refractivity contribution in [1.29, 1.82) is 0 Å². The second kappa shape index (κ2) is 10.4. The van der Waals surface area contributed by atoms with Crippen molar-refractivity contribution in [2.75, 3.05) is 5.32 Å². The number of pyridine rings is 1. The molecule has 0 unspecified atom stereocenters. The summed E-state index contributed by atoms with van der Waals surface area (Å²) in [5.74, 6) is -1.00. The molecule has 0 bridgehead atoms. The molecule has 3 aromatic rings. The molecule has 3 N–H and O–H groups in total. The van der Waals surface area contributed by atoms with Gasteiger partial charge in [0.2, 0.25) is 0 Å². The van der Waals surface area contributed by atoms with E-state index in [1.807, 2.05) is 0 Å². The molecule has 7 nitrogen and oxygen atoms in total. The van der Waals surface area contributed by atoms with Crippen LogP contribution in [0.25, 0.3) is 10.9 Å². The maximum absolute atomic E-state index is 13.9. The van der Waals surface area contributed by atoms with Crippen LogP contribution in [0.1, 0.15) is 62.0 Å². The smallest absolute Gasteiger partial charge is 0.389 e. The minimum Gasteiger partial charge on any atom is -0.389 e. The van der Waals surface area contributed by atoms with Crippen LogP contribution in [0.3, 0.4) is 0 Å². The Morgan fingerprint density at radius 3 is 2.57 bits per heavy atom. The summed E-state index contributed by atoms with van der Waals surface area (Å²) in [6.07, 6.45) is 0.218. The maximum Gasteiger partial charge on any atom is 0.433 e. The lowest BCUT2D eigenvalue weighted by atomic mass is 10.0. The molecule has 1 aliphatic carbocycles. The average Bonchev–Trinajstić information content (AvgIpc) is 2.99. The summed E-state index contributed by atoms with van der Waals surface area (Å²) in [5.41, 5.74) is -1.76. The van der Waals surface area contributed by atoms with Gasteiger partial charge in [-0.2, -0.15) is 18.3 Å². The lowest BCUT2D eigenvalue weighted by Gasteiger charge is -2.24. The molecular formula is C25H28ClF4N5O2. The van der Waals surface area contributed by atoms with E-state index in [0.29, 0.717) is 19.3 Å². The Hall–Kier alpha value is -2.92. The highest BCUT2D eigenvalue weighted by Gasteiger charge is 2.34. The first-order valence-electron chi connectivity index (χ1n) is 12.0. The van der Waals surface area contributed by atoms with Crippen molar-refractivity contribution in [2.24, 2.45) is 0 Å². The molecular weight excluding hydrogens is 514 g/mol. The molecule has 2 heterocycles. The molecule has 1 aromatic carbocycles. The van der Waals surface area contributed by atoms with Crippen LogP contribution < -0.4 is 10.6 Å². The predicted octanol–water partition coefficient (Wildman–Crippen LogP) is 5.56. The molecule has 0 aliphatic heterocycles. The Balaban J connectivity index is 1.52. The molecule has 1 saturated carbocycles. The Labute approximate surface area is 216 Å². The zero-order valence-electron chi connectivity index (χ0n) is 20.4. The van der Waals surface area contributed by atoms with E-state index in [2.05, 4.69) is 20.7 Å². The largest absolute Gasteiger partial charge is 0.433 e. The van der Waals surface area contributed by atoms with E-state index >= 15 is 0 Å². The monoisotopic (exact) mass is 541 g/mol. The van der Waals surface area contributed by atoms with Crippen molar-refractivity contribution in [2.45, 2.75) is 76.4 Å². The highest BCUT2D eigenvalue weighted by molar-refractivity contribution is 6.32. The normalized spacial score (nSPS) is 19.0. The predicted molar refractivity (Wildman–Crippen MR) is 132 cm³/mol. The number of nitrogens with one attached hydrogen (secondary N) is 2. The molecule has 0 radical (unpaired) electrons. The first kappa shape index (κ1) is 27.1. The summed E-state index contributed by atoms with van der Waals surface area (Å²) in [5, 5.41) is 20.5. The molecule has 1 fully saturated rings. The van der Waals surface area contributed by atoms with Crippen molar-refractivity contribution in [3.63, 3.8) is 0 Å². The lowest BCUT2D eigenvalue weighted by Crippen LogP contribution is -2.38. The Bertz CT molecular complexity index is 1290. The number of amides is 1. The lowest BCUT2D eigenvalue weighted by molar-refractivity contribution is -0.140. The number of anilines is 1. The number of nitrogens with zero attached hydrogens (tertiary/aromatic N) is 3. The van der Waals surface area contributed by atoms with Gasteiger partial charge < -0.3 is 15.7 Å². The number of aliphatic hydroxyl groups is 1. The van der Waals surface area contributed by atoms with Gasteiger partial charge in [-0.3, -0.25) is 9.48 Å². The molecule has 1 amide bonds. The van der Waals surface area contributed by atoms with E-state index in [1.54, 1.807) is 13.8 Å². The summed E-state index contributed by atoms with van der Waals surface area (Å²) in [4.78, 5) is 16.6. The highest BCUT2D eigenvalue weighted by atomic mass is 35.5. The van der Waals surface area contributed by atoms with Crippen molar-refractivity contribution in [3.05, 3.63) is 52.7 Å². The van der Waals surface area contributed by atoms with E-state index in [1.165, 1.54) is 16.9 Å². The first-order chi connectivity index (χ1) is 17.3. The zero-order chi connectivity index (χ0) is 27.0. The standard InChI is InChI=1S/C25H28ClF4N5O2/c1-24(2,37)13-35-12-18(22(26)34-35)23(36)32-16-6-4-3-5-15(10-16)31-20-11-21(25(28,29)30)33-19-8-7-14(27)9-17(19)20/h7-9,11-12,15-16,37H,3-6,10,13H2,1-2H3,(H,31,33)(H,32,36)/t15-,16+/m0/s1. The summed E-state index contributed by atoms with van der Waals surface area (Å²) in [6.45, 7) is 3.37. The number of fused-ring (bicyclic) bond motifs is 1. The molecule has 1 aliphatic rings. The van der Waals surface area contributed by atoms with Gasteiger partial charge in [0.1, 0.15) is 11.5 Å². The van der Waals surface area contributed by atoms with Gasteiger partial charge in [-0.05, 0) is 57.4 Å². The Kier molecular flexibility index (Phi) is 7.66. The fraction of sp³-hybridized carbons (Fsp3) is 0.480. The molecule has 0 saturated heterocycles. The topological polar surface area (TPSA) is 92.1 Å². The summed E-state index contributed by atoms with van der Waals surface area (Å²) < 4.78 is 55.7. The Morgan fingerprint density at radius 1 is 1.19 bits per heavy atom. The van der Waals surface area contributed by atoms with Gasteiger partial charge in [-0.1, -0.05) is 24.4 Å². The summed E-state index contributed by atoms with van der Waals surface area (Å²) in [7, 11) is 0. The molecule has 0 spiro atoms. The van der Waals surface area contributed by atoms with E-state index in [4.69, 9.17) is 11.6 Å². The van der Waals surface area contributed by atoms with Gasteiger partial charge in [0.25, 0.3) is 5.91 Å². The molecule has 2 atom stereocenters. The molecule has 2 aromatic heterocycles. The highest BCUT2D eigenvalue weighted by Crippen LogP contribution is 2.34. The maximum atomic E-state index is 13.9. The number of carbonyl (C=O) groups is 1. The number of benzene rings is 1. The van der Waals surface area contributed by atoms with Gasteiger partial charge >= 0.3 is 6.18 Å². The van der Waals surface area contributed by atoms with Crippen LogP contribution >= 0.6 is 11.6 Å². The van der Waals surface area contributed by atoms with E-state index in [0.717, 1.165) is 31.0 Å². The minimum absolute atomic E-state index is 0.00927. The Morgan fingerprint density at radius 2 is 1.89 bits per heavy atom. The third kappa shape index (κ3) is 6.89. The van der Waals surface area contributed by atoms with Crippen LogP contribution in [0.15, 0.2) is 30.5 Å². The summed E-state index contributed by atoms with van der Waals surface area (Å²) >= 11 is 6.16. The number of alkyl halides is 3. The van der Waals surface area contributed by atoms with Crippen molar-refractivity contribution in [3.8, 4) is 0 Å². The number of halogens is 5. The van der Waals surface area contributed by atoms with Gasteiger partial charge in [0, 0.05) is 29.4 Å². The van der Waals surface area contributed by atoms with Gasteiger partial charge in [-0.25, -0.2) is 9.37 Å². The van der Waals surface area contributed by atoms with E-state index < -0.39 is 29.2 Å². The van der Waals surface area contributed by atoms with Crippen molar-refractivity contribution in [1.82, 2.24) is 20.1 Å². The number of hydrogen-bond donors (Lipinski definition) is 3. The quantitative estimate of drug-likeness (QED) is 0.281. The number of carbonyl (C=O) groups excluding carboxylic acids is 1. The number of hydrogen-bond acceptors (Lipinski definition) is 5. The molecule has 200 valence electrons. The van der Waals surface area contributed by atoms with Crippen LogP contribution in [0.5, 0.6) is 0 Å². The van der Waals surface area contributed by atoms with E-state index in [-0.39, 0.29) is 45.9 Å². The van der Waals surface area contributed by atoms with E-state index in [9.17, 15) is 27.5 Å². The second-order valence-corrected chi connectivity index (χ2v) is 10.4. The molecule has 4 rings (SSSR count). The summed E-state index contributed by atoms with van der Waals surface area (Å²) in [6, 6.07) is 3.82. The molecule has 12 heteroatoms. The molecule has 37 heavy (non-hydrogen) atoms. The third-order valence-electron chi connectivity index (χ3n) is 6.19.